The predicted molar refractivity (Wildman–Crippen MR) is 97.7 cm³/mol. The molecule has 1 heterocycles. The number of benzene rings is 2. The Balaban J connectivity index is 1.74. The zero-order valence-corrected chi connectivity index (χ0v) is 14.5. The maximum Gasteiger partial charge on any atom is 0.241 e. The summed E-state index contributed by atoms with van der Waals surface area (Å²) in [5.74, 6) is -0.210. The van der Waals surface area contributed by atoms with Crippen LogP contribution in [0.5, 0.6) is 0 Å². The molecule has 0 aromatic heterocycles. The second-order valence-corrected chi connectivity index (χ2v) is 7.80. The van der Waals surface area contributed by atoms with Crippen LogP contribution in [-0.4, -0.2) is 22.3 Å². The lowest BCUT2D eigenvalue weighted by Gasteiger charge is -2.36. The summed E-state index contributed by atoms with van der Waals surface area (Å²) >= 11 is 0. The monoisotopic (exact) mass is 347 g/mol. The third-order valence-corrected chi connectivity index (χ3v) is 6.57. The summed E-state index contributed by atoms with van der Waals surface area (Å²) in [7, 11) is 0. The van der Waals surface area contributed by atoms with Gasteiger partial charge in [0.2, 0.25) is 5.91 Å². The highest BCUT2D eigenvalue weighted by Crippen LogP contribution is 2.58. The van der Waals surface area contributed by atoms with Gasteiger partial charge in [0.1, 0.15) is 17.1 Å². The van der Waals surface area contributed by atoms with Crippen LogP contribution in [0.1, 0.15) is 42.9 Å². The molecule has 0 bridgehead atoms. The lowest BCUT2D eigenvalue weighted by Crippen LogP contribution is -2.53. The zero-order valence-electron chi connectivity index (χ0n) is 14.5. The molecular weight excluding hydrogens is 326 g/mol. The molecule has 2 fully saturated rings. The number of fused-ring (bicyclic) bond motifs is 1. The highest BCUT2D eigenvalue weighted by molar-refractivity contribution is 6.26. The van der Waals surface area contributed by atoms with E-state index in [2.05, 4.69) is 0 Å². The lowest BCUT2D eigenvalue weighted by molar-refractivity contribution is -0.137. The Labute approximate surface area is 152 Å². The molecule has 1 saturated heterocycles. The molecule has 2 aliphatic carbocycles. The van der Waals surface area contributed by atoms with Crippen LogP contribution in [0.3, 0.4) is 0 Å². The van der Waals surface area contributed by atoms with Crippen LogP contribution in [0.25, 0.3) is 0 Å². The first-order valence-electron chi connectivity index (χ1n) is 9.32. The summed E-state index contributed by atoms with van der Waals surface area (Å²) in [5, 5.41) is 11.3. The van der Waals surface area contributed by atoms with E-state index in [0.717, 1.165) is 24.0 Å². The van der Waals surface area contributed by atoms with Gasteiger partial charge < -0.3 is 5.11 Å². The van der Waals surface area contributed by atoms with E-state index in [4.69, 9.17) is 0 Å². The smallest absolute Gasteiger partial charge is 0.241 e. The van der Waals surface area contributed by atoms with E-state index in [1.54, 1.807) is 4.90 Å². The van der Waals surface area contributed by atoms with Gasteiger partial charge in [-0.1, -0.05) is 55.3 Å². The fourth-order valence-electron chi connectivity index (χ4n) is 5.36. The molecule has 2 aromatic carbocycles. The number of anilines is 1. The van der Waals surface area contributed by atoms with Gasteiger partial charge in [-0.2, -0.15) is 0 Å². The van der Waals surface area contributed by atoms with E-state index >= 15 is 0 Å². The van der Waals surface area contributed by atoms with Crippen LogP contribution in [0, 0.1) is 5.41 Å². The number of rotatable bonds is 1. The summed E-state index contributed by atoms with van der Waals surface area (Å²) in [6, 6.07) is 17.0. The number of nitrogens with zero attached hydrogens (tertiary/aromatic N) is 1. The van der Waals surface area contributed by atoms with Gasteiger partial charge >= 0.3 is 0 Å². The molecular formula is C22H21NO3. The molecule has 132 valence electrons. The summed E-state index contributed by atoms with van der Waals surface area (Å²) in [5.41, 5.74) is 0.244. The summed E-state index contributed by atoms with van der Waals surface area (Å²) in [6.45, 7) is 0. The van der Waals surface area contributed by atoms with Crippen LogP contribution in [0.15, 0.2) is 54.6 Å². The minimum Gasteiger partial charge on any atom is -0.385 e. The molecule has 1 amide bonds. The summed E-state index contributed by atoms with van der Waals surface area (Å²) in [6.07, 6.45) is 2.36. The van der Waals surface area contributed by atoms with Gasteiger partial charge in [0.25, 0.3) is 0 Å². The maximum atomic E-state index is 13.8. The fraction of sp³-hybridized carbons (Fsp3) is 0.364. The average molecular weight is 347 g/mol. The van der Waals surface area contributed by atoms with Crippen molar-refractivity contribution in [3.63, 3.8) is 0 Å². The van der Waals surface area contributed by atoms with Gasteiger partial charge in [-0.05, 0) is 36.1 Å². The Bertz CT molecular complexity index is 901. The molecule has 2 aromatic rings. The van der Waals surface area contributed by atoms with Crippen molar-refractivity contribution in [1.82, 2.24) is 0 Å². The average Bonchev–Trinajstić information content (AvgIpc) is 3.32. The molecule has 1 aliphatic heterocycles. The van der Waals surface area contributed by atoms with Gasteiger partial charge in [0.15, 0.2) is 5.78 Å². The van der Waals surface area contributed by atoms with Crippen molar-refractivity contribution in [1.29, 1.82) is 0 Å². The van der Waals surface area contributed by atoms with E-state index in [-0.39, 0.29) is 11.7 Å². The fourth-order valence-corrected chi connectivity index (χ4v) is 5.36. The number of amides is 1. The van der Waals surface area contributed by atoms with Gasteiger partial charge in [-0.25, -0.2) is 0 Å². The number of aliphatic hydroxyl groups is 1. The van der Waals surface area contributed by atoms with Crippen LogP contribution in [0.4, 0.5) is 5.69 Å². The van der Waals surface area contributed by atoms with Crippen molar-refractivity contribution in [3.8, 4) is 0 Å². The molecule has 0 unspecified atom stereocenters. The molecule has 3 aliphatic rings. The van der Waals surface area contributed by atoms with Crippen molar-refractivity contribution in [2.75, 3.05) is 4.90 Å². The van der Waals surface area contributed by atoms with E-state index in [1.807, 2.05) is 54.6 Å². The molecule has 4 heteroatoms. The first-order valence-corrected chi connectivity index (χ1v) is 9.32. The third kappa shape index (κ3) is 1.73. The Kier molecular flexibility index (Phi) is 3.20. The number of hydrogen-bond acceptors (Lipinski definition) is 3. The number of para-hydroxylation sites is 1. The van der Waals surface area contributed by atoms with Crippen molar-refractivity contribution >= 4 is 17.4 Å². The molecule has 0 radical (unpaired) electrons. The largest absolute Gasteiger partial charge is 0.385 e. The summed E-state index contributed by atoms with van der Waals surface area (Å²) < 4.78 is 0. The number of Topliss-reactive ketones (excluding diaryl/α,β-unsaturated/α-hetero) is 1. The lowest BCUT2D eigenvalue weighted by atomic mass is 9.75. The standard InChI is InChI=1S/C22H21NO3/c24-18-17-11-5-4-8-15(17)14-22(18)19(25)21(12-6-7-13-21)20(26)23(22)16-9-2-1-3-10-16/h1-5,8-11,18,24H,6-7,12-14H2/t18-,22+/m0/s1. The SMILES string of the molecule is O=C1N(c2ccccc2)[C@@]2(Cc3ccccc3[C@@H]2O)C(=O)C12CCCC2. The van der Waals surface area contributed by atoms with Crippen LogP contribution >= 0.6 is 0 Å². The van der Waals surface area contributed by atoms with Crippen molar-refractivity contribution < 1.29 is 14.7 Å². The van der Waals surface area contributed by atoms with Crippen molar-refractivity contribution in [2.45, 2.75) is 43.7 Å². The van der Waals surface area contributed by atoms with Gasteiger partial charge in [-0.3, -0.25) is 14.5 Å². The Morgan fingerprint density at radius 1 is 0.923 bits per heavy atom. The van der Waals surface area contributed by atoms with Crippen molar-refractivity contribution in [2.24, 2.45) is 5.41 Å². The first kappa shape index (κ1) is 15.8. The molecule has 4 nitrogen and oxygen atoms in total. The van der Waals surface area contributed by atoms with E-state index in [9.17, 15) is 14.7 Å². The maximum absolute atomic E-state index is 13.8. The Morgan fingerprint density at radius 2 is 1.58 bits per heavy atom. The molecule has 26 heavy (non-hydrogen) atoms. The first-order chi connectivity index (χ1) is 12.6. The number of carbonyl (C=O) groups is 2. The molecule has 5 rings (SSSR count). The quantitative estimate of drug-likeness (QED) is 0.806. The second-order valence-electron chi connectivity index (χ2n) is 7.80. The highest BCUT2D eigenvalue weighted by atomic mass is 16.3. The second kappa shape index (κ2) is 5.27. The Morgan fingerprint density at radius 3 is 2.27 bits per heavy atom. The van der Waals surface area contributed by atoms with Crippen LogP contribution in [0.2, 0.25) is 0 Å². The minimum atomic E-state index is -1.22. The van der Waals surface area contributed by atoms with Gasteiger partial charge in [-0.15, -0.1) is 0 Å². The van der Waals surface area contributed by atoms with Crippen molar-refractivity contribution in [3.05, 3.63) is 65.7 Å². The topological polar surface area (TPSA) is 57.6 Å². The predicted octanol–water partition coefficient (Wildman–Crippen LogP) is 3.19. The number of ketones is 1. The number of aliphatic hydroxyl groups excluding tert-OH is 1. The highest BCUT2D eigenvalue weighted by Gasteiger charge is 2.71. The molecule has 2 spiro atoms. The number of carbonyl (C=O) groups excluding carboxylic acids is 2. The zero-order chi connectivity index (χ0) is 17.9. The number of hydrogen-bond donors (Lipinski definition) is 1. The van der Waals surface area contributed by atoms with Crippen LogP contribution in [-0.2, 0) is 16.0 Å². The van der Waals surface area contributed by atoms with E-state index < -0.39 is 17.1 Å². The van der Waals surface area contributed by atoms with Gasteiger partial charge in [0.05, 0.1) is 0 Å². The molecule has 1 N–H and O–H groups in total. The van der Waals surface area contributed by atoms with E-state index in [1.165, 1.54) is 0 Å². The van der Waals surface area contributed by atoms with Gasteiger partial charge in [0, 0.05) is 12.1 Å². The third-order valence-electron chi connectivity index (χ3n) is 6.57. The molecule has 1 saturated carbocycles. The van der Waals surface area contributed by atoms with E-state index in [0.29, 0.717) is 24.9 Å². The normalized spacial score (nSPS) is 29.1. The van der Waals surface area contributed by atoms with Crippen LogP contribution < -0.4 is 4.90 Å². The molecule has 2 atom stereocenters. The minimum absolute atomic E-state index is 0.0833. The Hall–Kier alpha value is -2.46. The summed E-state index contributed by atoms with van der Waals surface area (Å²) in [4.78, 5) is 29.0.